The van der Waals surface area contributed by atoms with Crippen molar-refractivity contribution < 1.29 is 19.1 Å². The molecule has 0 radical (unpaired) electrons. The van der Waals surface area contributed by atoms with Crippen LogP contribution >= 0.6 is 0 Å². The van der Waals surface area contributed by atoms with Gasteiger partial charge in [-0.1, -0.05) is 49.4 Å². The first-order valence-corrected chi connectivity index (χ1v) is 11.4. The number of benzene rings is 2. The molecule has 3 rings (SSSR count). The van der Waals surface area contributed by atoms with Crippen LogP contribution in [0.2, 0.25) is 0 Å². The fraction of sp³-hybridized carbons (Fsp3) is 0.462. The number of aryl methyl sites for hydroxylation is 1. The SMILES string of the molecule is CC[C@@H](NC(=O)COc1ccc(CCC(C)=O)cc1)[C@H]1CN(Cc2ccccc2)CCO1. The van der Waals surface area contributed by atoms with Crippen molar-refractivity contribution in [1.82, 2.24) is 10.2 Å². The van der Waals surface area contributed by atoms with Gasteiger partial charge in [0.05, 0.1) is 18.8 Å². The fourth-order valence-corrected chi connectivity index (χ4v) is 3.89. The van der Waals surface area contributed by atoms with E-state index in [9.17, 15) is 9.59 Å². The van der Waals surface area contributed by atoms with Crippen molar-refractivity contribution in [2.75, 3.05) is 26.3 Å². The van der Waals surface area contributed by atoms with Crippen LogP contribution < -0.4 is 10.1 Å². The first kappa shape index (κ1) is 24.0. The quantitative estimate of drug-likeness (QED) is 0.583. The molecule has 6 heteroatoms. The van der Waals surface area contributed by atoms with Gasteiger partial charge in [-0.25, -0.2) is 0 Å². The fourth-order valence-electron chi connectivity index (χ4n) is 3.89. The molecule has 1 heterocycles. The van der Waals surface area contributed by atoms with Crippen LogP contribution in [0.4, 0.5) is 0 Å². The maximum atomic E-state index is 12.5. The maximum absolute atomic E-state index is 12.5. The van der Waals surface area contributed by atoms with E-state index in [-0.39, 0.29) is 30.4 Å². The number of hydrogen-bond acceptors (Lipinski definition) is 5. The molecule has 2 aromatic rings. The molecule has 0 aliphatic carbocycles. The second-order valence-electron chi connectivity index (χ2n) is 8.35. The number of carbonyl (C=O) groups excluding carboxylic acids is 2. The van der Waals surface area contributed by atoms with Gasteiger partial charge in [0.25, 0.3) is 5.91 Å². The number of carbonyl (C=O) groups is 2. The predicted octanol–water partition coefficient (Wildman–Crippen LogP) is 3.38. The zero-order valence-corrected chi connectivity index (χ0v) is 19.1. The molecule has 1 saturated heterocycles. The van der Waals surface area contributed by atoms with Gasteiger partial charge < -0.3 is 19.6 Å². The van der Waals surface area contributed by atoms with Gasteiger partial charge >= 0.3 is 0 Å². The molecule has 2 aromatic carbocycles. The van der Waals surface area contributed by atoms with Crippen molar-refractivity contribution in [3.05, 3.63) is 65.7 Å². The molecular formula is C26H34N2O4. The third-order valence-corrected chi connectivity index (χ3v) is 5.72. The molecule has 0 spiro atoms. The summed E-state index contributed by atoms with van der Waals surface area (Å²) in [6.45, 7) is 6.85. The molecule has 0 unspecified atom stereocenters. The van der Waals surface area contributed by atoms with E-state index in [1.54, 1.807) is 6.92 Å². The smallest absolute Gasteiger partial charge is 0.258 e. The van der Waals surface area contributed by atoms with Crippen molar-refractivity contribution in [3.8, 4) is 5.75 Å². The topological polar surface area (TPSA) is 67.9 Å². The first-order valence-electron chi connectivity index (χ1n) is 11.4. The van der Waals surface area contributed by atoms with Crippen LogP contribution in [0.5, 0.6) is 5.75 Å². The van der Waals surface area contributed by atoms with Gasteiger partial charge in [0, 0.05) is 26.1 Å². The lowest BCUT2D eigenvalue weighted by Crippen LogP contribution is -2.53. The average Bonchev–Trinajstić information content (AvgIpc) is 2.81. The Kier molecular flexibility index (Phi) is 9.26. The van der Waals surface area contributed by atoms with E-state index < -0.39 is 0 Å². The van der Waals surface area contributed by atoms with Crippen LogP contribution in [0, 0.1) is 0 Å². The highest BCUT2D eigenvalue weighted by Crippen LogP contribution is 2.16. The second kappa shape index (κ2) is 12.4. The minimum absolute atomic E-state index is 0.0380. The molecule has 172 valence electrons. The summed E-state index contributed by atoms with van der Waals surface area (Å²) in [6.07, 6.45) is 2.01. The third kappa shape index (κ3) is 7.77. The lowest BCUT2D eigenvalue weighted by atomic mass is 10.1. The molecule has 2 atom stereocenters. The number of rotatable bonds is 11. The van der Waals surface area contributed by atoms with E-state index in [2.05, 4.69) is 41.4 Å². The Hall–Kier alpha value is -2.70. The highest BCUT2D eigenvalue weighted by Gasteiger charge is 2.28. The summed E-state index contributed by atoms with van der Waals surface area (Å²) in [6, 6.07) is 17.9. The van der Waals surface area contributed by atoms with Crippen LogP contribution in [0.3, 0.4) is 0 Å². The number of nitrogens with one attached hydrogen (secondary N) is 1. The molecule has 1 aliphatic rings. The van der Waals surface area contributed by atoms with Gasteiger partial charge in [0.15, 0.2) is 6.61 Å². The van der Waals surface area contributed by atoms with Crippen LogP contribution in [-0.2, 0) is 27.3 Å². The van der Waals surface area contributed by atoms with Gasteiger partial charge in [-0.2, -0.15) is 0 Å². The number of ketones is 1. The molecule has 6 nitrogen and oxygen atoms in total. The Bertz CT molecular complexity index is 854. The number of morpholine rings is 1. The monoisotopic (exact) mass is 438 g/mol. The van der Waals surface area contributed by atoms with E-state index in [1.165, 1.54) is 5.56 Å². The first-order chi connectivity index (χ1) is 15.5. The molecule has 1 amide bonds. The van der Waals surface area contributed by atoms with Crippen LogP contribution in [0.15, 0.2) is 54.6 Å². The van der Waals surface area contributed by atoms with E-state index in [4.69, 9.17) is 9.47 Å². The molecule has 1 aliphatic heterocycles. The lowest BCUT2D eigenvalue weighted by Gasteiger charge is -2.37. The van der Waals surface area contributed by atoms with Gasteiger partial charge in [0.2, 0.25) is 0 Å². The molecular weight excluding hydrogens is 404 g/mol. The Morgan fingerprint density at radius 3 is 2.56 bits per heavy atom. The van der Waals surface area contributed by atoms with Crippen molar-refractivity contribution in [2.24, 2.45) is 0 Å². The standard InChI is InChI=1S/C26H34N2O4/c1-3-24(25-18-28(15-16-31-25)17-22-7-5-4-6-8-22)27-26(30)19-32-23-13-11-21(12-14-23)10-9-20(2)29/h4-8,11-14,24-25H,3,9-10,15-19H2,1-2H3,(H,27,30)/t24-,25-/m1/s1. The number of Topliss-reactive ketones (excluding diaryl/α,β-unsaturated/α-hetero) is 1. The summed E-state index contributed by atoms with van der Waals surface area (Å²) in [4.78, 5) is 26.0. The van der Waals surface area contributed by atoms with Gasteiger partial charge in [0.1, 0.15) is 11.5 Å². The summed E-state index contributed by atoms with van der Waals surface area (Å²) in [5.41, 5.74) is 2.36. The summed E-state index contributed by atoms with van der Waals surface area (Å²) in [5.74, 6) is 0.668. The molecule has 0 aromatic heterocycles. The average molecular weight is 439 g/mol. The Balaban J connectivity index is 1.45. The van der Waals surface area contributed by atoms with Crippen molar-refractivity contribution in [2.45, 2.75) is 51.8 Å². The van der Waals surface area contributed by atoms with Gasteiger partial charge in [-0.15, -0.1) is 0 Å². The molecule has 1 fully saturated rings. The van der Waals surface area contributed by atoms with Gasteiger partial charge in [-0.05, 0) is 43.0 Å². The molecule has 32 heavy (non-hydrogen) atoms. The Morgan fingerprint density at radius 2 is 1.88 bits per heavy atom. The number of hydrogen-bond donors (Lipinski definition) is 1. The number of nitrogens with zero attached hydrogens (tertiary/aromatic N) is 1. The lowest BCUT2D eigenvalue weighted by molar-refractivity contribution is -0.126. The van der Waals surface area contributed by atoms with Crippen molar-refractivity contribution in [3.63, 3.8) is 0 Å². The van der Waals surface area contributed by atoms with Crippen LogP contribution in [0.25, 0.3) is 0 Å². The summed E-state index contributed by atoms with van der Waals surface area (Å²) in [5, 5.41) is 3.08. The van der Waals surface area contributed by atoms with Gasteiger partial charge in [-0.3, -0.25) is 9.69 Å². The predicted molar refractivity (Wildman–Crippen MR) is 125 cm³/mol. The van der Waals surface area contributed by atoms with E-state index in [0.29, 0.717) is 18.8 Å². The summed E-state index contributed by atoms with van der Waals surface area (Å²) >= 11 is 0. The molecule has 0 saturated carbocycles. The molecule has 0 bridgehead atoms. The maximum Gasteiger partial charge on any atom is 0.258 e. The number of amides is 1. The third-order valence-electron chi connectivity index (χ3n) is 5.72. The highest BCUT2D eigenvalue weighted by atomic mass is 16.5. The van der Waals surface area contributed by atoms with Crippen molar-refractivity contribution in [1.29, 1.82) is 0 Å². The largest absolute Gasteiger partial charge is 0.484 e. The highest BCUT2D eigenvalue weighted by molar-refractivity contribution is 5.78. The Morgan fingerprint density at radius 1 is 1.12 bits per heavy atom. The molecule has 1 N–H and O–H groups in total. The van der Waals surface area contributed by atoms with Crippen LogP contribution in [0.1, 0.15) is 37.8 Å². The second-order valence-corrected chi connectivity index (χ2v) is 8.35. The normalized spacial score (nSPS) is 17.5. The summed E-state index contributed by atoms with van der Waals surface area (Å²) < 4.78 is 11.6. The van der Waals surface area contributed by atoms with E-state index in [1.807, 2.05) is 30.3 Å². The van der Waals surface area contributed by atoms with E-state index >= 15 is 0 Å². The Labute approximate surface area is 190 Å². The number of ether oxygens (including phenoxy) is 2. The van der Waals surface area contributed by atoms with Crippen LogP contribution in [-0.4, -0.2) is 55.0 Å². The van der Waals surface area contributed by atoms with Crippen molar-refractivity contribution >= 4 is 11.7 Å². The minimum atomic E-state index is -0.152. The van der Waals surface area contributed by atoms with E-state index in [0.717, 1.165) is 38.0 Å². The summed E-state index contributed by atoms with van der Waals surface area (Å²) in [7, 11) is 0. The zero-order chi connectivity index (χ0) is 22.8. The zero-order valence-electron chi connectivity index (χ0n) is 19.1. The minimum Gasteiger partial charge on any atom is -0.484 e.